The summed E-state index contributed by atoms with van der Waals surface area (Å²) in [6.45, 7) is 6.00. The summed E-state index contributed by atoms with van der Waals surface area (Å²) in [6.07, 6.45) is 3.75. The van der Waals surface area contributed by atoms with Crippen LogP contribution < -0.4 is 10.2 Å². The highest BCUT2D eigenvalue weighted by Crippen LogP contribution is 2.13. The van der Waals surface area contributed by atoms with Crippen LogP contribution >= 0.6 is 11.3 Å². The van der Waals surface area contributed by atoms with Gasteiger partial charge in [0.2, 0.25) is 0 Å². The molecule has 2 heterocycles. The largest absolute Gasteiger partial charge is 0.312 e. The Kier molecular flexibility index (Phi) is 3.26. The quantitative estimate of drug-likeness (QED) is 0.832. The first-order chi connectivity index (χ1) is 7.18. The van der Waals surface area contributed by atoms with Crippen molar-refractivity contribution in [3.8, 4) is 0 Å². The Morgan fingerprint density at radius 1 is 1.47 bits per heavy atom. The summed E-state index contributed by atoms with van der Waals surface area (Å²) in [5.74, 6) is 0. The first kappa shape index (κ1) is 10.9. The Morgan fingerprint density at radius 2 is 2.27 bits per heavy atom. The maximum Gasteiger partial charge on any atom is 0.307 e. The zero-order chi connectivity index (χ0) is 10.8. The molecule has 1 aliphatic heterocycles. The van der Waals surface area contributed by atoms with E-state index in [1.165, 1.54) is 30.6 Å². The summed E-state index contributed by atoms with van der Waals surface area (Å²) in [4.78, 5) is 13.0. The van der Waals surface area contributed by atoms with Crippen LogP contribution in [0.15, 0.2) is 4.79 Å². The molecular weight excluding hydrogens is 208 g/mol. The second kappa shape index (κ2) is 4.49. The zero-order valence-corrected chi connectivity index (χ0v) is 10.2. The summed E-state index contributed by atoms with van der Waals surface area (Å²) in [7, 11) is 0. The molecule has 15 heavy (non-hydrogen) atoms. The molecule has 84 valence electrons. The van der Waals surface area contributed by atoms with Crippen molar-refractivity contribution >= 4 is 11.3 Å². The van der Waals surface area contributed by atoms with Crippen molar-refractivity contribution in [1.29, 1.82) is 0 Å². The molecule has 1 aromatic heterocycles. The van der Waals surface area contributed by atoms with Gasteiger partial charge in [0, 0.05) is 23.2 Å². The number of aromatic nitrogens is 1. The fraction of sp³-hybridized carbons (Fsp3) is 0.727. The molecule has 1 N–H and O–H groups in total. The highest BCUT2D eigenvalue weighted by atomic mass is 32.1. The Bertz CT molecular complexity index is 388. The van der Waals surface area contributed by atoms with E-state index in [4.69, 9.17) is 0 Å². The summed E-state index contributed by atoms with van der Waals surface area (Å²) >= 11 is 1.36. The van der Waals surface area contributed by atoms with Crippen LogP contribution in [0.3, 0.4) is 0 Å². The minimum absolute atomic E-state index is 0.192. The average molecular weight is 226 g/mol. The molecule has 0 aliphatic carbocycles. The van der Waals surface area contributed by atoms with Gasteiger partial charge in [0.25, 0.3) is 0 Å². The molecule has 1 aromatic rings. The van der Waals surface area contributed by atoms with E-state index in [-0.39, 0.29) is 4.87 Å². The number of rotatable bonds is 2. The van der Waals surface area contributed by atoms with Gasteiger partial charge in [-0.3, -0.25) is 4.79 Å². The molecule has 0 spiro atoms. The molecule has 0 amide bonds. The topological polar surface area (TPSA) is 34.0 Å². The lowest BCUT2D eigenvalue weighted by Gasteiger charge is -2.23. The molecule has 3 nitrogen and oxygen atoms in total. The lowest BCUT2D eigenvalue weighted by Crippen LogP contribution is -2.39. The van der Waals surface area contributed by atoms with Crippen LogP contribution in [-0.2, 0) is 6.54 Å². The summed E-state index contributed by atoms with van der Waals surface area (Å²) in [6, 6.07) is 0.490. The molecule has 4 heteroatoms. The maximum atomic E-state index is 11.7. The van der Waals surface area contributed by atoms with Crippen molar-refractivity contribution in [3.63, 3.8) is 0 Å². The number of piperidine rings is 1. The van der Waals surface area contributed by atoms with Crippen molar-refractivity contribution in [1.82, 2.24) is 9.88 Å². The molecule has 2 rings (SSSR count). The molecule has 0 bridgehead atoms. The number of hydrogen-bond acceptors (Lipinski definition) is 3. The zero-order valence-electron chi connectivity index (χ0n) is 9.38. The minimum Gasteiger partial charge on any atom is -0.312 e. The molecule has 0 radical (unpaired) electrons. The van der Waals surface area contributed by atoms with Gasteiger partial charge in [-0.15, -0.1) is 0 Å². The Balaban J connectivity index is 2.12. The Labute approximate surface area is 94.1 Å². The average Bonchev–Trinajstić information content (AvgIpc) is 2.47. The third kappa shape index (κ3) is 2.32. The van der Waals surface area contributed by atoms with E-state index in [2.05, 4.69) is 5.32 Å². The molecule has 1 fully saturated rings. The molecule has 1 aliphatic rings. The van der Waals surface area contributed by atoms with Gasteiger partial charge < -0.3 is 9.88 Å². The van der Waals surface area contributed by atoms with Crippen molar-refractivity contribution in [2.24, 2.45) is 0 Å². The standard InChI is InChI=1S/C11H18N2OS/c1-8-9(2)15-11(14)13(8)7-10-5-3-4-6-12-10/h10,12H,3-7H2,1-2H3. The summed E-state index contributed by atoms with van der Waals surface area (Å²) < 4.78 is 1.92. The number of aryl methyl sites for hydroxylation is 1. The first-order valence-corrected chi connectivity index (χ1v) is 6.40. The van der Waals surface area contributed by atoms with Crippen LogP contribution in [0.1, 0.15) is 29.8 Å². The van der Waals surface area contributed by atoms with E-state index in [1.807, 2.05) is 18.4 Å². The van der Waals surface area contributed by atoms with E-state index < -0.39 is 0 Å². The molecule has 1 unspecified atom stereocenters. The SMILES string of the molecule is Cc1sc(=O)n(CC2CCCCN2)c1C. The molecular formula is C11H18N2OS. The van der Waals surface area contributed by atoms with Crippen molar-refractivity contribution in [3.05, 3.63) is 20.2 Å². The van der Waals surface area contributed by atoms with E-state index in [0.717, 1.165) is 23.7 Å². The van der Waals surface area contributed by atoms with Crippen LogP contribution in [0.2, 0.25) is 0 Å². The van der Waals surface area contributed by atoms with Crippen LogP contribution in [0.4, 0.5) is 0 Å². The summed E-state index contributed by atoms with van der Waals surface area (Å²) in [5, 5.41) is 3.48. The van der Waals surface area contributed by atoms with Gasteiger partial charge in [-0.1, -0.05) is 17.8 Å². The van der Waals surface area contributed by atoms with Crippen molar-refractivity contribution < 1.29 is 0 Å². The fourth-order valence-corrected chi connectivity index (χ4v) is 2.94. The molecule has 0 saturated carbocycles. The Morgan fingerprint density at radius 3 is 2.80 bits per heavy atom. The van der Waals surface area contributed by atoms with Crippen LogP contribution in [0, 0.1) is 13.8 Å². The lowest BCUT2D eigenvalue weighted by atomic mass is 10.1. The predicted octanol–water partition coefficient (Wildman–Crippen LogP) is 1.67. The van der Waals surface area contributed by atoms with E-state index >= 15 is 0 Å². The lowest BCUT2D eigenvalue weighted by molar-refractivity contribution is 0.359. The van der Waals surface area contributed by atoms with E-state index in [0.29, 0.717) is 6.04 Å². The van der Waals surface area contributed by atoms with Crippen molar-refractivity contribution in [2.45, 2.75) is 45.7 Å². The van der Waals surface area contributed by atoms with Gasteiger partial charge in [-0.2, -0.15) is 0 Å². The van der Waals surface area contributed by atoms with Gasteiger partial charge in [0.05, 0.1) is 0 Å². The predicted molar refractivity (Wildman–Crippen MR) is 63.7 cm³/mol. The smallest absolute Gasteiger partial charge is 0.307 e. The fourth-order valence-electron chi connectivity index (χ4n) is 2.10. The van der Waals surface area contributed by atoms with Crippen LogP contribution in [0.25, 0.3) is 0 Å². The first-order valence-electron chi connectivity index (χ1n) is 5.58. The van der Waals surface area contributed by atoms with Gasteiger partial charge in [0.1, 0.15) is 0 Å². The van der Waals surface area contributed by atoms with Gasteiger partial charge in [-0.25, -0.2) is 0 Å². The number of nitrogens with one attached hydrogen (secondary N) is 1. The third-order valence-electron chi connectivity index (χ3n) is 3.19. The normalized spacial score (nSPS) is 21.9. The van der Waals surface area contributed by atoms with Gasteiger partial charge in [-0.05, 0) is 33.2 Å². The number of nitrogens with zero attached hydrogens (tertiary/aromatic N) is 1. The summed E-state index contributed by atoms with van der Waals surface area (Å²) in [5.41, 5.74) is 1.14. The highest BCUT2D eigenvalue weighted by Gasteiger charge is 2.16. The highest BCUT2D eigenvalue weighted by molar-refractivity contribution is 7.09. The van der Waals surface area contributed by atoms with Crippen LogP contribution in [0.5, 0.6) is 0 Å². The number of thiazole rings is 1. The monoisotopic (exact) mass is 226 g/mol. The second-order valence-corrected chi connectivity index (χ2v) is 5.43. The molecule has 1 saturated heterocycles. The van der Waals surface area contributed by atoms with Crippen molar-refractivity contribution in [2.75, 3.05) is 6.54 Å². The van der Waals surface area contributed by atoms with Crippen LogP contribution in [-0.4, -0.2) is 17.2 Å². The molecule has 1 atom stereocenters. The van der Waals surface area contributed by atoms with E-state index in [9.17, 15) is 4.79 Å². The maximum absolute atomic E-state index is 11.7. The van der Waals surface area contributed by atoms with Gasteiger partial charge >= 0.3 is 4.87 Å². The number of hydrogen-bond donors (Lipinski definition) is 1. The Hall–Kier alpha value is -0.610. The third-order valence-corrected chi connectivity index (χ3v) is 4.19. The van der Waals surface area contributed by atoms with Gasteiger partial charge in [0.15, 0.2) is 0 Å². The van der Waals surface area contributed by atoms with E-state index in [1.54, 1.807) is 0 Å². The second-order valence-electron chi connectivity index (χ2n) is 4.27. The molecule has 0 aromatic carbocycles. The minimum atomic E-state index is 0.192.